The van der Waals surface area contributed by atoms with Crippen molar-refractivity contribution in [3.8, 4) is 5.75 Å². The number of carbonyl (C=O) groups is 2. The first-order valence-electron chi connectivity index (χ1n) is 12.0. The number of ether oxygens (including phenoxy) is 1. The van der Waals surface area contributed by atoms with Crippen LogP contribution >= 0.6 is 0 Å². The Balaban J connectivity index is 1.72. The maximum Gasteiger partial charge on any atom is 0.250 e. The molecule has 30 heavy (non-hydrogen) atoms. The van der Waals surface area contributed by atoms with Crippen LogP contribution in [0.4, 0.5) is 0 Å². The van der Waals surface area contributed by atoms with Crippen LogP contribution < -0.4 is 4.74 Å². The van der Waals surface area contributed by atoms with Gasteiger partial charge >= 0.3 is 0 Å². The van der Waals surface area contributed by atoms with Gasteiger partial charge in [0, 0.05) is 12.6 Å². The second-order valence-corrected chi connectivity index (χ2v) is 8.73. The maximum atomic E-state index is 13.5. The molecule has 2 aliphatic rings. The van der Waals surface area contributed by atoms with Crippen molar-refractivity contribution in [2.24, 2.45) is 0 Å². The second kappa shape index (κ2) is 11.4. The number of benzene rings is 1. The SMILES string of the molecule is CCCCCCOc1ccc([C@H]2C(=O)N(C3CCCCC3)CC(=O)N2CCC)cc1. The number of rotatable bonds is 10. The van der Waals surface area contributed by atoms with Gasteiger partial charge in [0.2, 0.25) is 5.91 Å². The van der Waals surface area contributed by atoms with E-state index in [2.05, 4.69) is 13.8 Å². The minimum absolute atomic E-state index is 0.0725. The van der Waals surface area contributed by atoms with E-state index in [4.69, 9.17) is 4.74 Å². The molecule has 0 spiro atoms. The highest BCUT2D eigenvalue weighted by Gasteiger charge is 2.42. The van der Waals surface area contributed by atoms with Gasteiger partial charge in [-0.3, -0.25) is 9.59 Å². The standard InChI is InChI=1S/C25H38N2O3/c1-3-5-6-10-18-30-22-15-13-20(14-16-22)24-25(29)27(21-11-8-7-9-12-21)19-23(28)26(24)17-4-2/h13-16,21,24H,3-12,17-19H2,1-2H3/t24-/m0/s1. The number of nitrogens with zero attached hydrogens (tertiary/aromatic N) is 2. The normalized spacial score (nSPS) is 20.7. The minimum atomic E-state index is -0.508. The summed E-state index contributed by atoms with van der Waals surface area (Å²) >= 11 is 0. The summed E-state index contributed by atoms with van der Waals surface area (Å²) in [5, 5.41) is 0. The lowest BCUT2D eigenvalue weighted by molar-refractivity contribution is -0.159. The number of hydrogen-bond acceptors (Lipinski definition) is 3. The average molecular weight is 415 g/mol. The Bertz CT molecular complexity index is 682. The molecule has 1 saturated carbocycles. The van der Waals surface area contributed by atoms with Crippen LogP contribution in [-0.4, -0.2) is 47.4 Å². The summed E-state index contributed by atoms with van der Waals surface area (Å²) in [5.41, 5.74) is 0.889. The van der Waals surface area contributed by atoms with E-state index in [1.54, 1.807) is 4.90 Å². The molecule has 0 radical (unpaired) electrons. The number of carbonyl (C=O) groups excluding carboxylic acids is 2. The summed E-state index contributed by atoms with van der Waals surface area (Å²) in [4.78, 5) is 30.1. The van der Waals surface area contributed by atoms with Crippen LogP contribution in [0, 0.1) is 0 Å². The zero-order valence-corrected chi connectivity index (χ0v) is 18.8. The summed E-state index contributed by atoms with van der Waals surface area (Å²) in [5.74, 6) is 0.988. The summed E-state index contributed by atoms with van der Waals surface area (Å²) in [6.45, 7) is 5.83. The second-order valence-electron chi connectivity index (χ2n) is 8.73. The topological polar surface area (TPSA) is 49.9 Å². The molecule has 0 unspecified atom stereocenters. The molecule has 1 aromatic carbocycles. The highest BCUT2D eigenvalue weighted by atomic mass is 16.5. The van der Waals surface area contributed by atoms with Gasteiger partial charge in [-0.2, -0.15) is 0 Å². The van der Waals surface area contributed by atoms with Crippen molar-refractivity contribution in [2.75, 3.05) is 19.7 Å². The van der Waals surface area contributed by atoms with E-state index in [0.29, 0.717) is 6.54 Å². The smallest absolute Gasteiger partial charge is 0.250 e. The molecule has 1 aliphatic carbocycles. The molecule has 1 aliphatic heterocycles. The van der Waals surface area contributed by atoms with Gasteiger partial charge in [-0.1, -0.05) is 64.5 Å². The number of hydrogen-bond donors (Lipinski definition) is 0. The van der Waals surface area contributed by atoms with Crippen molar-refractivity contribution in [1.29, 1.82) is 0 Å². The molecule has 2 amide bonds. The monoisotopic (exact) mass is 414 g/mol. The van der Waals surface area contributed by atoms with Crippen molar-refractivity contribution < 1.29 is 14.3 Å². The summed E-state index contributed by atoms with van der Waals surface area (Å²) in [6, 6.07) is 7.51. The molecule has 0 bridgehead atoms. The third kappa shape index (κ3) is 5.55. The molecule has 5 heteroatoms. The molecule has 3 rings (SSSR count). The van der Waals surface area contributed by atoms with E-state index < -0.39 is 6.04 Å². The zero-order valence-electron chi connectivity index (χ0n) is 18.8. The number of amides is 2. The van der Waals surface area contributed by atoms with Crippen LogP contribution in [0.3, 0.4) is 0 Å². The fraction of sp³-hybridized carbons (Fsp3) is 0.680. The van der Waals surface area contributed by atoms with Gasteiger partial charge in [0.25, 0.3) is 5.91 Å². The first kappa shape index (κ1) is 22.6. The van der Waals surface area contributed by atoms with Crippen LogP contribution in [-0.2, 0) is 9.59 Å². The van der Waals surface area contributed by atoms with Gasteiger partial charge in [0.15, 0.2) is 0 Å². The van der Waals surface area contributed by atoms with E-state index in [9.17, 15) is 9.59 Å². The molecule has 166 valence electrons. The highest BCUT2D eigenvalue weighted by molar-refractivity contribution is 5.95. The molecule has 5 nitrogen and oxygen atoms in total. The van der Waals surface area contributed by atoms with Crippen LogP contribution in [0.5, 0.6) is 5.75 Å². The molecule has 1 aromatic rings. The Morgan fingerprint density at radius 3 is 2.33 bits per heavy atom. The molecule has 1 atom stereocenters. The highest BCUT2D eigenvalue weighted by Crippen LogP contribution is 2.33. The minimum Gasteiger partial charge on any atom is -0.494 e. The Morgan fingerprint density at radius 1 is 0.933 bits per heavy atom. The van der Waals surface area contributed by atoms with Crippen molar-refractivity contribution in [1.82, 2.24) is 9.80 Å². The van der Waals surface area contributed by atoms with Crippen molar-refractivity contribution in [2.45, 2.75) is 90.1 Å². The van der Waals surface area contributed by atoms with Gasteiger partial charge in [0.1, 0.15) is 18.3 Å². The lowest BCUT2D eigenvalue weighted by Crippen LogP contribution is -2.58. The van der Waals surface area contributed by atoms with Crippen molar-refractivity contribution in [3.05, 3.63) is 29.8 Å². The Morgan fingerprint density at radius 2 is 1.67 bits per heavy atom. The van der Waals surface area contributed by atoms with Crippen LogP contribution in [0.2, 0.25) is 0 Å². The molecule has 0 N–H and O–H groups in total. The van der Waals surface area contributed by atoms with E-state index in [1.807, 2.05) is 29.2 Å². The lowest BCUT2D eigenvalue weighted by Gasteiger charge is -2.44. The van der Waals surface area contributed by atoms with Gasteiger partial charge in [-0.25, -0.2) is 0 Å². The van der Waals surface area contributed by atoms with Crippen LogP contribution in [0.1, 0.15) is 89.7 Å². The van der Waals surface area contributed by atoms with Crippen molar-refractivity contribution >= 4 is 11.8 Å². The number of unbranched alkanes of at least 4 members (excludes halogenated alkanes) is 3. The Kier molecular flexibility index (Phi) is 8.59. The first-order chi connectivity index (χ1) is 14.7. The molecule has 1 saturated heterocycles. The Labute approximate surface area is 181 Å². The number of piperazine rings is 1. The average Bonchev–Trinajstić information content (AvgIpc) is 2.77. The third-order valence-corrected chi connectivity index (χ3v) is 6.40. The van der Waals surface area contributed by atoms with Gasteiger partial charge in [-0.15, -0.1) is 0 Å². The van der Waals surface area contributed by atoms with Crippen LogP contribution in [0.15, 0.2) is 24.3 Å². The molecular weight excluding hydrogens is 376 g/mol. The molecule has 0 aromatic heterocycles. The quantitative estimate of drug-likeness (QED) is 0.501. The van der Waals surface area contributed by atoms with Crippen molar-refractivity contribution in [3.63, 3.8) is 0 Å². The largest absolute Gasteiger partial charge is 0.494 e. The zero-order chi connectivity index (χ0) is 21.3. The lowest BCUT2D eigenvalue weighted by atomic mass is 9.91. The summed E-state index contributed by atoms with van der Waals surface area (Å²) in [6.07, 6.45) is 11.1. The van der Waals surface area contributed by atoms with Crippen LogP contribution in [0.25, 0.3) is 0 Å². The maximum absolute atomic E-state index is 13.5. The first-order valence-corrected chi connectivity index (χ1v) is 12.0. The Hall–Kier alpha value is -2.04. The van der Waals surface area contributed by atoms with Gasteiger partial charge < -0.3 is 14.5 Å². The van der Waals surface area contributed by atoms with E-state index >= 15 is 0 Å². The summed E-state index contributed by atoms with van der Waals surface area (Å²) in [7, 11) is 0. The fourth-order valence-corrected chi connectivity index (χ4v) is 4.73. The predicted molar refractivity (Wildman–Crippen MR) is 119 cm³/mol. The van der Waals surface area contributed by atoms with E-state index in [-0.39, 0.29) is 24.4 Å². The predicted octanol–water partition coefficient (Wildman–Crippen LogP) is 5.10. The third-order valence-electron chi connectivity index (χ3n) is 6.40. The fourth-order valence-electron chi connectivity index (χ4n) is 4.73. The van der Waals surface area contributed by atoms with Gasteiger partial charge in [0.05, 0.1) is 6.61 Å². The van der Waals surface area contributed by atoms with E-state index in [1.165, 1.54) is 25.7 Å². The molecule has 1 heterocycles. The molecule has 2 fully saturated rings. The van der Waals surface area contributed by atoms with Gasteiger partial charge in [-0.05, 0) is 43.4 Å². The van der Waals surface area contributed by atoms with E-state index in [0.717, 1.165) is 56.4 Å². The summed E-state index contributed by atoms with van der Waals surface area (Å²) < 4.78 is 5.86. The molecular formula is C25H38N2O3.